The van der Waals surface area contributed by atoms with E-state index in [9.17, 15) is 4.79 Å². The van der Waals surface area contributed by atoms with Gasteiger partial charge < -0.3 is 10.6 Å². The summed E-state index contributed by atoms with van der Waals surface area (Å²) >= 11 is 6.28. The van der Waals surface area contributed by atoms with E-state index in [1.165, 1.54) is 5.57 Å². The fraction of sp³-hybridized carbons (Fsp3) is 0.238. The molecule has 2 aromatic rings. The van der Waals surface area contributed by atoms with Crippen LogP contribution in [0, 0.1) is 18.3 Å². The van der Waals surface area contributed by atoms with Gasteiger partial charge in [-0.25, -0.2) is 0 Å². The van der Waals surface area contributed by atoms with Crippen LogP contribution >= 0.6 is 24.0 Å². The van der Waals surface area contributed by atoms with E-state index in [0.29, 0.717) is 21.8 Å². The summed E-state index contributed by atoms with van der Waals surface area (Å²) in [4.78, 5) is 12.6. The number of carbonyl (C=O) groups is 1. The van der Waals surface area contributed by atoms with Crippen molar-refractivity contribution < 1.29 is 4.79 Å². The van der Waals surface area contributed by atoms with E-state index in [0.717, 1.165) is 37.1 Å². The molecular weight excluding hydrogens is 381 g/mol. The fourth-order valence-corrected chi connectivity index (χ4v) is 3.24. The van der Waals surface area contributed by atoms with Crippen LogP contribution in [0.4, 0.5) is 5.69 Å². The number of piperidine rings is 1. The van der Waals surface area contributed by atoms with Crippen LogP contribution < -0.4 is 10.6 Å². The average molecular weight is 402 g/mol. The van der Waals surface area contributed by atoms with Gasteiger partial charge in [0.15, 0.2) is 0 Å². The molecule has 0 radical (unpaired) electrons. The molecule has 1 amide bonds. The Morgan fingerprint density at radius 3 is 2.70 bits per heavy atom. The molecule has 27 heavy (non-hydrogen) atoms. The van der Waals surface area contributed by atoms with Gasteiger partial charge >= 0.3 is 0 Å². The second-order valence-electron chi connectivity index (χ2n) is 6.37. The molecule has 3 rings (SSSR count). The molecule has 0 saturated carbocycles. The number of benzene rings is 2. The summed E-state index contributed by atoms with van der Waals surface area (Å²) in [6, 6.07) is 12.4. The van der Waals surface area contributed by atoms with Crippen LogP contribution in [-0.4, -0.2) is 19.0 Å². The van der Waals surface area contributed by atoms with E-state index < -0.39 is 0 Å². The van der Waals surface area contributed by atoms with Crippen LogP contribution in [0.25, 0.3) is 6.08 Å². The largest absolute Gasteiger partial charge is 0.322 e. The third kappa shape index (κ3) is 5.33. The molecule has 1 fully saturated rings. The summed E-state index contributed by atoms with van der Waals surface area (Å²) < 4.78 is 0. The van der Waals surface area contributed by atoms with Gasteiger partial charge in [-0.1, -0.05) is 29.3 Å². The number of anilines is 1. The first-order valence-electron chi connectivity index (χ1n) is 8.58. The van der Waals surface area contributed by atoms with Gasteiger partial charge in [0.2, 0.25) is 0 Å². The van der Waals surface area contributed by atoms with E-state index in [1.807, 2.05) is 19.1 Å². The molecule has 1 aliphatic rings. The monoisotopic (exact) mass is 401 g/mol. The highest BCUT2D eigenvalue weighted by atomic mass is 35.5. The van der Waals surface area contributed by atoms with Gasteiger partial charge in [-0.05, 0) is 74.3 Å². The second-order valence-corrected chi connectivity index (χ2v) is 6.80. The maximum atomic E-state index is 12.6. The third-order valence-corrected chi connectivity index (χ3v) is 4.74. The van der Waals surface area contributed by atoms with Crippen molar-refractivity contribution in [2.75, 3.05) is 18.4 Å². The lowest BCUT2D eigenvalue weighted by Crippen LogP contribution is -2.23. The molecular formula is C21H21Cl2N3O. The summed E-state index contributed by atoms with van der Waals surface area (Å²) in [6.07, 6.45) is 4.22. The second kappa shape index (κ2) is 9.57. The zero-order chi connectivity index (χ0) is 18.5. The number of nitrogens with one attached hydrogen (secondary N) is 2. The Morgan fingerprint density at radius 2 is 2.00 bits per heavy atom. The summed E-state index contributed by atoms with van der Waals surface area (Å²) in [5.74, 6) is -0.257. The predicted octanol–water partition coefficient (Wildman–Crippen LogP) is 4.96. The van der Waals surface area contributed by atoms with E-state index in [4.69, 9.17) is 16.9 Å². The first kappa shape index (κ1) is 21.0. The molecule has 2 aromatic carbocycles. The SMILES string of the molecule is Cc1c(C=C2CCNCC2)cc(Cl)cc1NC(=O)c1cccc(C#N)c1.Cl. The summed E-state index contributed by atoms with van der Waals surface area (Å²) in [5, 5.41) is 15.8. The van der Waals surface area contributed by atoms with Crippen molar-refractivity contribution in [2.45, 2.75) is 19.8 Å². The molecule has 1 aliphatic heterocycles. The lowest BCUT2D eigenvalue weighted by Gasteiger charge is -2.17. The van der Waals surface area contributed by atoms with Crippen molar-refractivity contribution in [2.24, 2.45) is 0 Å². The highest BCUT2D eigenvalue weighted by Gasteiger charge is 2.12. The summed E-state index contributed by atoms with van der Waals surface area (Å²) in [6.45, 7) is 3.96. The molecule has 0 unspecified atom stereocenters. The molecule has 2 N–H and O–H groups in total. The highest BCUT2D eigenvalue weighted by molar-refractivity contribution is 6.31. The lowest BCUT2D eigenvalue weighted by atomic mass is 9.99. The van der Waals surface area contributed by atoms with Gasteiger partial charge in [0.1, 0.15) is 0 Å². The molecule has 6 heteroatoms. The smallest absolute Gasteiger partial charge is 0.255 e. The normalized spacial score (nSPS) is 13.3. The number of carbonyl (C=O) groups excluding carboxylic acids is 1. The van der Waals surface area contributed by atoms with Crippen LogP contribution in [0.3, 0.4) is 0 Å². The molecule has 1 heterocycles. The van der Waals surface area contributed by atoms with Crippen LogP contribution in [0.1, 0.15) is 39.9 Å². The maximum Gasteiger partial charge on any atom is 0.255 e. The van der Waals surface area contributed by atoms with Gasteiger partial charge in [-0.15, -0.1) is 12.4 Å². The van der Waals surface area contributed by atoms with Crippen molar-refractivity contribution in [3.05, 3.63) is 69.2 Å². The standard InChI is InChI=1S/C21H20ClN3O.ClH/c1-14-18(9-15-5-7-24-8-6-15)11-19(22)12-20(14)25-21(26)17-4-2-3-16(10-17)13-23;/h2-4,9-12,24H,5-8H2,1H3,(H,25,26);1H. The minimum absolute atomic E-state index is 0. The maximum absolute atomic E-state index is 12.6. The molecule has 0 bridgehead atoms. The van der Waals surface area contributed by atoms with Gasteiger partial charge in [-0.3, -0.25) is 4.79 Å². The number of hydrogen-bond donors (Lipinski definition) is 2. The van der Waals surface area contributed by atoms with E-state index >= 15 is 0 Å². The lowest BCUT2D eigenvalue weighted by molar-refractivity contribution is 0.102. The summed E-state index contributed by atoms with van der Waals surface area (Å²) in [5.41, 5.74) is 4.97. The van der Waals surface area contributed by atoms with Gasteiger partial charge in [-0.2, -0.15) is 5.26 Å². The first-order chi connectivity index (χ1) is 12.6. The van der Waals surface area contributed by atoms with Crippen LogP contribution in [0.5, 0.6) is 0 Å². The Labute approximate surface area is 170 Å². The topological polar surface area (TPSA) is 64.9 Å². The Hall–Kier alpha value is -2.32. The Kier molecular flexibility index (Phi) is 7.44. The van der Waals surface area contributed by atoms with Crippen molar-refractivity contribution in [1.29, 1.82) is 5.26 Å². The Bertz CT molecular complexity index is 908. The summed E-state index contributed by atoms with van der Waals surface area (Å²) in [7, 11) is 0. The number of nitriles is 1. The Morgan fingerprint density at radius 1 is 1.26 bits per heavy atom. The molecule has 1 saturated heterocycles. The van der Waals surface area contributed by atoms with Gasteiger partial charge in [0, 0.05) is 16.3 Å². The number of hydrogen-bond acceptors (Lipinski definition) is 3. The quantitative estimate of drug-likeness (QED) is 0.763. The number of halogens is 2. The van der Waals surface area contributed by atoms with Crippen molar-refractivity contribution >= 4 is 41.7 Å². The van der Waals surface area contributed by atoms with E-state index in [-0.39, 0.29) is 18.3 Å². The highest BCUT2D eigenvalue weighted by Crippen LogP contribution is 2.28. The van der Waals surface area contributed by atoms with E-state index in [2.05, 4.69) is 16.7 Å². The van der Waals surface area contributed by atoms with Gasteiger partial charge in [0.05, 0.1) is 11.6 Å². The van der Waals surface area contributed by atoms with Crippen molar-refractivity contribution in [3.8, 4) is 6.07 Å². The minimum Gasteiger partial charge on any atom is -0.322 e. The molecule has 0 aromatic heterocycles. The van der Waals surface area contributed by atoms with Crippen molar-refractivity contribution in [3.63, 3.8) is 0 Å². The van der Waals surface area contributed by atoms with Gasteiger partial charge in [0.25, 0.3) is 5.91 Å². The molecule has 0 aliphatic carbocycles. The van der Waals surface area contributed by atoms with Crippen molar-refractivity contribution in [1.82, 2.24) is 5.32 Å². The minimum atomic E-state index is -0.257. The van der Waals surface area contributed by atoms with Crippen LogP contribution in [0.2, 0.25) is 5.02 Å². The first-order valence-corrected chi connectivity index (χ1v) is 8.96. The molecule has 0 spiro atoms. The third-order valence-electron chi connectivity index (χ3n) is 4.52. The van der Waals surface area contributed by atoms with Crippen LogP contribution in [0.15, 0.2) is 42.0 Å². The number of amides is 1. The predicted molar refractivity (Wildman–Crippen MR) is 113 cm³/mol. The number of rotatable bonds is 3. The number of nitrogens with zero attached hydrogens (tertiary/aromatic N) is 1. The molecule has 0 atom stereocenters. The zero-order valence-corrected chi connectivity index (χ0v) is 16.6. The van der Waals surface area contributed by atoms with Crippen LogP contribution in [-0.2, 0) is 0 Å². The van der Waals surface area contributed by atoms with E-state index in [1.54, 1.807) is 30.3 Å². The fourth-order valence-electron chi connectivity index (χ4n) is 3.02. The Balaban J connectivity index is 0.00000261. The molecule has 140 valence electrons. The average Bonchev–Trinajstić information content (AvgIpc) is 2.66. The molecule has 4 nitrogen and oxygen atoms in total. The zero-order valence-electron chi connectivity index (χ0n) is 15.0.